The van der Waals surface area contributed by atoms with E-state index in [-0.39, 0.29) is 12.8 Å². The molecule has 0 saturated carbocycles. The molecular formula is C26H24O6S. The molecule has 0 radical (unpaired) electrons. The summed E-state index contributed by atoms with van der Waals surface area (Å²) in [6.07, 6.45) is -0.740. The Kier molecular flexibility index (Phi) is 8.66. The van der Waals surface area contributed by atoms with Crippen molar-refractivity contribution in [2.75, 3.05) is 7.11 Å². The number of rotatable bonds is 10. The van der Waals surface area contributed by atoms with Gasteiger partial charge in [-0.25, -0.2) is 9.59 Å². The largest absolute Gasteiger partial charge is 0.478 e. The fourth-order valence-corrected chi connectivity index (χ4v) is 4.12. The number of carboxylic acid groups (broad SMARTS) is 1. The molecule has 0 aliphatic rings. The van der Waals surface area contributed by atoms with Crippen LogP contribution in [0.15, 0.2) is 83.8 Å². The lowest BCUT2D eigenvalue weighted by atomic mass is 10.1. The Labute approximate surface area is 196 Å². The van der Waals surface area contributed by atoms with Crippen LogP contribution in [-0.2, 0) is 37.7 Å². The number of methoxy groups -OCH3 is 1. The highest BCUT2D eigenvalue weighted by Crippen LogP contribution is 2.25. The zero-order chi connectivity index (χ0) is 23.6. The smallest absolute Gasteiger partial charge is 0.347 e. The van der Waals surface area contributed by atoms with E-state index >= 15 is 0 Å². The minimum Gasteiger partial charge on any atom is -0.478 e. The SMILES string of the molecule is COC(=O)C(Cc1ccccc1)OC(=O)Cc1ccc(SCc2ccccc2C(=O)O)cc1. The van der Waals surface area contributed by atoms with E-state index in [1.54, 1.807) is 18.2 Å². The van der Waals surface area contributed by atoms with Crippen molar-refractivity contribution < 1.29 is 29.0 Å². The quantitative estimate of drug-likeness (QED) is 0.348. The van der Waals surface area contributed by atoms with Gasteiger partial charge in [0.15, 0.2) is 0 Å². The number of carbonyl (C=O) groups excluding carboxylic acids is 2. The second-order valence-electron chi connectivity index (χ2n) is 7.26. The number of carboxylic acids is 1. The average molecular weight is 465 g/mol. The highest BCUT2D eigenvalue weighted by Gasteiger charge is 2.24. The monoisotopic (exact) mass is 464 g/mol. The minimum atomic E-state index is -1.01. The molecule has 3 aromatic carbocycles. The molecule has 7 heteroatoms. The van der Waals surface area contributed by atoms with Gasteiger partial charge in [0.1, 0.15) is 0 Å². The van der Waals surface area contributed by atoms with E-state index < -0.39 is 24.0 Å². The summed E-state index contributed by atoms with van der Waals surface area (Å²) in [6.45, 7) is 0. The van der Waals surface area contributed by atoms with Crippen molar-refractivity contribution in [1.29, 1.82) is 0 Å². The maximum atomic E-state index is 12.4. The summed E-state index contributed by atoms with van der Waals surface area (Å²) in [6, 6.07) is 23.6. The lowest BCUT2D eigenvalue weighted by molar-refractivity contribution is -0.165. The molecule has 0 aliphatic carbocycles. The first-order valence-corrected chi connectivity index (χ1v) is 11.3. The molecule has 0 saturated heterocycles. The van der Waals surface area contributed by atoms with E-state index in [0.717, 1.165) is 21.6 Å². The molecule has 33 heavy (non-hydrogen) atoms. The van der Waals surface area contributed by atoms with Gasteiger partial charge in [0.05, 0.1) is 19.1 Å². The topological polar surface area (TPSA) is 89.9 Å². The van der Waals surface area contributed by atoms with Gasteiger partial charge < -0.3 is 14.6 Å². The van der Waals surface area contributed by atoms with Gasteiger partial charge in [0.25, 0.3) is 0 Å². The van der Waals surface area contributed by atoms with E-state index in [1.807, 2.05) is 60.7 Å². The van der Waals surface area contributed by atoms with Gasteiger partial charge in [-0.2, -0.15) is 0 Å². The summed E-state index contributed by atoms with van der Waals surface area (Å²) in [4.78, 5) is 36.8. The number of ether oxygens (including phenoxy) is 2. The number of esters is 2. The highest BCUT2D eigenvalue weighted by molar-refractivity contribution is 7.98. The van der Waals surface area contributed by atoms with Crippen LogP contribution in [0.3, 0.4) is 0 Å². The normalized spacial score (nSPS) is 11.4. The minimum absolute atomic E-state index is 0.0229. The maximum absolute atomic E-state index is 12.4. The molecule has 0 bridgehead atoms. The Morgan fingerprint density at radius 1 is 0.879 bits per heavy atom. The third kappa shape index (κ3) is 7.22. The number of thioether (sulfide) groups is 1. The first-order valence-electron chi connectivity index (χ1n) is 10.3. The van der Waals surface area contributed by atoms with Gasteiger partial charge in [0.2, 0.25) is 6.10 Å². The Morgan fingerprint density at radius 3 is 2.21 bits per heavy atom. The summed E-state index contributed by atoms with van der Waals surface area (Å²) < 4.78 is 10.2. The van der Waals surface area contributed by atoms with Gasteiger partial charge in [-0.05, 0) is 34.9 Å². The summed E-state index contributed by atoms with van der Waals surface area (Å²) >= 11 is 1.51. The van der Waals surface area contributed by atoms with Crippen molar-refractivity contribution >= 4 is 29.7 Å². The predicted molar refractivity (Wildman–Crippen MR) is 125 cm³/mol. The molecule has 1 atom stereocenters. The van der Waals surface area contributed by atoms with E-state index in [9.17, 15) is 19.5 Å². The lowest BCUT2D eigenvalue weighted by Gasteiger charge is -2.16. The van der Waals surface area contributed by atoms with Crippen molar-refractivity contribution in [1.82, 2.24) is 0 Å². The Morgan fingerprint density at radius 2 is 1.55 bits per heavy atom. The first-order chi connectivity index (χ1) is 16.0. The van der Waals surface area contributed by atoms with E-state index in [0.29, 0.717) is 11.3 Å². The molecule has 3 aromatic rings. The number of benzene rings is 3. The molecule has 0 spiro atoms. The van der Waals surface area contributed by atoms with Crippen molar-refractivity contribution in [2.24, 2.45) is 0 Å². The van der Waals surface area contributed by atoms with Crippen LogP contribution < -0.4 is 0 Å². The molecule has 6 nitrogen and oxygen atoms in total. The molecule has 0 amide bonds. The van der Waals surface area contributed by atoms with Crippen molar-refractivity contribution in [2.45, 2.75) is 29.6 Å². The Bertz CT molecular complexity index is 1100. The number of hydrogen-bond acceptors (Lipinski definition) is 6. The van der Waals surface area contributed by atoms with E-state index in [1.165, 1.54) is 18.9 Å². The van der Waals surface area contributed by atoms with Gasteiger partial charge in [-0.15, -0.1) is 11.8 Å². The number of carbonyl (C=O) groups is 3. The van der Waals surface area contributed by atoms with Crippen LogP contribution in [0.2, 0.25) is 0 Å². The predicted octanol–water partition coefficient (Wildman–Crippen LogP) is 4.55. The summed E-state index contributed by atoms with van der Waals surface area (Å²) in [5.74, 6) is -1.54. The zero-order valence-electron chi connectivity index (χ0n) is 18.1. The second-order valence-corrected chi connectivity index (χ2v) is 8.31. The standard InChI is InChI=1S/C26H24O6S/c1-31-26(30)23(15-18-7-3-2-4-8-18)32-24(27)16-19-11-13-21(14-12-19)33-17-20-9-5-6-10-22(20)25(28)29/h2-14,23H,15-17H2,1H3,(H,28,29). The molecule has 0 aliphatic heterocycles. The molecule has 0 aromatic heterocycles. The molecule has 1 N–H and O–H groups in total. The van der Waals surface area contributed by atoms with Crippen LogP contribution in [0.5, 0.6) is 0 Å². The van der Waals surface area contributed by atoms with Crippen LogP contribution in [0, 0.1) is 0 Å². The molecule has 170 valence electrons. The summed E-state index contributed by atoms with van der Waals surface area (Å²) in [5.41, 5.74) is 2.65. The fraction of sp³-hybridized carbons (Fsp3) is 0.192. The van der Waals surface area contributed by atoms with Crippen LogP contribution in [0.25, 0.3) is 0 Å². The third-order valence-electron chi connectivity index (χ3n) is 4.92. The maximum Gasteiger partial charge on any atom is 0.347 e. The molecular weight excluding hydrogens is 440 g/mol. The first kappa shape index (κ1) is 24.1. The van der Waals surface area contributed by atoms with Crippen LogP contribution in [0.4, 0.5) is 0 Å². The number of aromatic carboxylic acids is 1. The van der Waals surface area contributed by atoms with Gasteiger partial charge in [0, 0.05) is 17.1 Å². The van der Waals surface area contributed by atoms with Gasteiger partial charge in [-0.1, -0.05) is 60.7 Å². The molecule has 3 rings (SSSR count). The van der Waals surface area contributed by atoms with Crippen molar-refractivity contribution in [3.8, 4) is 0 Å². The fourth-order valence-electron chi connectivity index (χ4n) is 3.22. The van der Waals surface area contributed by atoms with Gasteiger partial charge in [-0.3, -0.25) is 4.79 Å². The van der Waals surface area contributed by atoms with Crippen molar-refractivity contribution in [3.63, 3.8) is 0 Å². The molecule has 0 heterocycles. The third-order valence-corrected chi connectivity index (χ3v) is 5.98. The summed E-state index contributed by atoms with van der Waals surface area (Å²) in [7, 11) is 1.26. The Balaban J connectivity index is 1.56. The molecule has 0 fully saturated rings. The zero-order valence-corrected chi connectivity index (χ0v) is 18.9. The Hall–Kier alpha value is -3.58. The van der Waals surface area contributed by atoms with Crippen molar-refractivity contribution in [3.05, 3.63) is 101 Å². The second kappa shape index (κ2) is 11.9. The molecule has 1 unspecified atom stereocenters. The van der Waals surface area contributed by atoms with E-state index in [2.05, 4.69) is 0 Å². The lowest BCUT2D eigenvalue weighted by Crippen LogP contribution is -2.31. The van der Waals surface area contributed by atoms with Crippen LogP contribution in [0.1, 0.15) is 27.0 Å². The van der Waals surface area contributed by atoms with E-state index in [4.69, 9.17) is 9.47 Å². The summed E-state index contributed by atoms with van der Waals surface area (Å²) in [5, 5.41) is 9.30. The number of hydrogen-bond donors (Lipinski definition) is 1. The highest BCUT2D eigenvalue weighted by atomic mass is 32.2. The van der Waals surface area contributed by atoms with Crippen LogP contribution >= 0.6 is 11.8 Å². The van der Waals surface area contributed by atoms with Gasteiger partial charge >= 0.3 is 17.9 Å². The van der Waals surface area contributed by atoms with Crippen LogP contribution in [-0.4, -0.2) is 36.2 Å². The average Bonchev–Trinajstić information content (AvgIpc) is 2.83.